The van der Waals surface area contributed by atoms with Gasteiger partial charge in [0.15, 0.2) is 0 Å². The molecular formula is C26H25N3O4. The minimum Gasteiger partial charge on any atom is -0.497 e. The SMILES string of the molecule is COC(=O)c1cccc(-n2c(C)cc(/C=C(\C#N)C(=O)Nc3cccc(OC)c3)c2C)c1C. The molecule has 1 N–H and O–H groups in total. The summed E-state index contributed by atoms with van der Waals surface area (Å²) in [6, 6.07) is 16.2. The van der Waals surface area contributed by atoms with E-state index in [0.29, 0.717) is 17.0 Å². The molecule has 0 unspecified atom stereocenters. The number of nitrogens with one attached hydrogen (secondary N) is 1. The van der Waals surface area contributed by atoms with Crippen LogP contribution in [0.3, 0.4) is 0 Å². The highest BCUT2D eigenvalue weighted by atomic mass is 16.5. The molecule has 0 fully saturated rings. The van der Waals surface area contributed by atoms with Crippen molar-refractivity contribution in [2.45, 2.75) is 20.8 Å². The van der Waals surface area contributed by atoms with Crippen LogP contribution in [0.25, 0.3) is 11.8 Å². The molecule has 1 amide bonds. The van der Waals surface area contributed by atoms with Crippen LogP contribution < -0.4 is 10.1 Å². The summed E-state index contributed by atoms with van der Waals surface area (Å²) in [6.45, 7) is 5.69. The van der Waals surface area contributed by atoms with Crippen LogP contribution in [-0.4, -0.2) is 30.7 Å². The molecule has 1 heterocycles. The number of hydrogen-bond donors (Lipinski definition) is 1. The summed E-state index contributed by atoms with van der Waals surface area (Å²) in [4.78, 5) is 24.8. The number of carbonyl (C=O) groups is 2. The van der Waals surface area contributed by atoms with Gasteiger partial charge in [0.05, 0.1) is 19.8 Å². The van der Waals surface area contributed by atoms with Gasteiger partial charge >= 0.3 is 5.97 Å². The third-order valence-electron chi connectivity index (χ3n) is 5.41. The Balaban J connectivity index is 1.98. The van der Waals surface area contributed by atoms with Gasteiger partial charge in [-0.3, -0.25) is 4.79 Å². The number of esters is 1. The molecule has 3 rings (SSSR count). The van der Waals surface area contributed by atoms with Crippen molar-refractivity contribution in [3.05, 3.63) is 82.2 Å². The number of rotatable bonds is 6. The summed E-state index contributed by atoms with van der Waals surface area (Å²) in [7, 11) is 2.89. The van der Waals surface area contributed by atoms with Gasteiger partial charge in [0.2, 0.25) is 0 Å². The van der Waals surface area contributed by atoms with E-state index in [2.05, 4.69) is 5.32 Å². The molecule has 0 radical (unpaired) electrons. The topological polar surface area (TPSA) is 93.4 Å². The summed E-state index contributed by atoms with van der Waals surface area (Å²) in [5.74, 6) is -0.319. The number of aromatic nitrogens is 1. The van der Waals surface area contributed by atoms with E-state index < -0.39 is 11.9 Å². The van der Waals surface area contributed by atoms with Crippen molar-refractivity contribution in [2.24, 2.45) is 0 Å². The number of hydrogen-bond acceptors (Lipinski definition) is 5. The van der Waals surface area contributed by atoms with E-state index in [1.807, 2.05) is 43.5 Å². The summed E-state index contributed by atoms with van der Waals surface area (Å²) >= 11 is 0. The Bertz CT molecular complexity index is 1300. The van der Waals surface area contributed by atoms with Crippen molar-refractivity contribution >= 4 is 23.6 Å². The molecule has 0 saturated heterocycles. The standard InChI is InChI=1S/C26H25N3O4/c1-16-12-19(13-20(15-27)25(30)28-21-8-6-9-22(14-21)32-4)18(3)29(16)24-11-7-10-23(17(24)2)26(31)33-5/h6-14H,1-5H3,(H,28,30)/b20-13+. The number of ether oxygens (including phenoxy) is 2. The normalized spacial score (nSPS) is 11.0. The van der Waals surface area contributed by atoms with E-state index in [9.17, 15) is 14.9 Å². The fourth-order valence-corrected chi connectivity index (χ4v) is 3.70. The van der Waals surface area contributed by atoms with Crippen LogP contribution in [0.2, 0.25) is 0 Å². The van der Waals surface area contributed by atoms with E-state index in [0.717, 1.165) is 28.2 Å². The minimum atomic E-state index is -0.514. The fraction of sp³-hybridized carbons (Fsp3) is 0.192. The van der Waals surface area contributed by atoms with Crippen LogP contribution >= 0.6 is 0 Å². The summed E-state index contributed by atoms with van der Waals surface area (Å²) in [5.41, 5.74) is 5.04. The number of benzene rings is 2. The number of nitriles is 1. The molecule has 7 heteroatoms. The second kappa shape index (κ2) is 9.88. The lowest BCUT2D eigenvalue weighted by atomic mass is 10.1. The summed E-state index contributed by atoms with van der Waals surface area (Å²) in [6.07, 6.45) is 1.56. The Morgan fingerprint density at radius 3 is 2.45 bits per heavy atom. The zero-order chi connectivity index (χ0) is 24.1. The highest BCUT2D eigenvalue weighted by Crippen LogP contribution is 2.27. The number of amides is 1. The monoisotopic (exact) mass is 443 g/mol. The fourth-order valence-electron chi connectivity index (χ4n) is 3.70. The van der Waals surface area contributed by atoms with Gasteiger partial charge in [-0.1, -0.05) is 12.1 Å². The molecule has 168 valence electrons. The maximum Gasteiger partial charge on any atom is 0.338 e. The highest BCUT2D eigenvalue weighted by Gasteiger charge is 2.18. The maximum atomic E-state index is 12.7. The lowest BCUT2D eigenvalue weighted by Crippen LogP contribution is -2.13. The first-order chi connectivity index (χ1) is 15.8. The average molecular weight is 444 g/mol. The Kier molecular flexibility index (Phi) is 6.99. The van der Waals surface area contributed by atoms with E-state index in [-0.39, 0.29) is 5.57 Å². The molecule has 3 aromatic rings. The molecule has 0 aliphatic rings. The predicted octanol–water partition coefficient (Wildman–Crippen LogP) is 4.74. The molecule has 0 aliphatic carbocycles. The predicted molar refractivity (Wildman–Crippen MR) is 127 cm³/mol. The third kappa shape index (κ3) is 4.80. The van der Waals surface area contributed by atoms with Crippen LogP contribution in [0.15, 0.2) is 54.1 Å². The summed E-state index contributed by atoms with van der Waals surface area (Å²) < 4.78 is 12.0. The van der Waals surface area contributed by atoms with Gasteiger partial charge in [-0.25, -0.2) is 4.79 Å². The van der Waals surface area contributed by atoms with Crippen molar-refractivity contribution < 1.29 is 19.1 Å². The van der Waals surface area contributed by atoms with Gasteiger partial charge in [-0.15, -0.1) is 0 Å². The zero-order valence-corrected chi connectivity index (χ0v) is 19.2. The van der Waals surface area contributed by atoms with Crippen LogP contribution in [0, 0.1) is 32.1 Å². The Hall–Kier alpha value is -4.31. The Labute approximate surface area is 192 Å². The van der Waals surface area contributed by atoms with Crippen molar-refractivity contribution in [2.75, 3.05) is 19.5 Å². The molecule has 0 saturated carbocycles. The first kappa shape index (κ1) is 23.4. The lowest BCUT2D eigenvalue weighted by molar-refractivity contribution is -0.112. The second-order valence-electron chi connectivity index (χ2n) is 7.46. The second-order valence-corrected chi connectivity index (χ2v) is 7.46. The van der Waals surface area contributed by atoms with Crippen molar-refractivity contribution in [3.8, 4) is 17.5 Å². The molecule has 7 nitrogen and oxygen atoms in total. The molecule has 33 heavy (non-hydrogen) atoms. The van der Waals surface area contributed by atoms with Gasteiger partial charge in [0.1, 0.15) is 17.4 Å². The van der Waals surface area contributed by atoms with Crippen LogP contribution in [0.5, 0.6) is 5.75 Å². The van der Waals surface area contributed by atoms with Gasteiger partial charge in [-0.2, -0.15) is 5.26 Å². The minimum absolute atomic E-state index is 0.0295. The molecular weight excluding hydrogens is 418 g/mol. The first-order valence-corrected chi connectivity index (χ1v) is 10.2. The van der Waals surface area contributed by atoms with Crippen LogP contribution in [0.4, 0.5) is 5.69 Å². The van der Waals surface area contributed by atoms with Crippen molar-refractivity contribution in [1.82, 2.24) is 4.57 Å². The maximum absolute atomic E-state index is 12.7. The number of methoxy groups -OCH3 is 2. The van der Waals surface area contributed by atoms with E-state index in [1.54, 1.807) is 49.6 Å². The van der Waals surface area contributed by atoms with E-state index in [1.165, 1.54) is 7.11 Å². The van der Waals surface area contributed by atoms with E-state index in [4.69, 9.17) is 9.47 Å². The Morgan fingerprint density at radius 1 is 1.06 bits per heavy atom. The summed E-state index contributed by atoms with van der Waals surface area (Å²) in [5, 5.41) is 12.4. The lowest BCUT2D eigenvalue weighted by Gasteiger charge is -2.15. The molecule has 1 aromatic heterocycles. The molecule has 0 aliphatic heterocycles. The van der Waals surface area contributed by atoms with Crippen LogP contribution in [-0.2, 0) is 9.53 Å². The number of aryl methyl sites for hydroxylation is 1. The number of nitrogens with zero attached hydrogens (tertiary/aromatic N) is 2. The van der Waals surface area contributed by atoms with Gasteiger partial charge in [-0.05, 0) is 68.3 Å². The van der Waals surface area contributed by atoms with Crippen LogP contribution in [0.1, 0.15) is 32.9 Å². The molecule has 2 aromatic carbocycles. The first-order valence-electron chi connectivity index (χ1n) is 10.2. The Morgan fingerprint density at radius 2 is 1.79 bits per heavy atom. The quantitative estimate of drug-likeness (QED) is 0.337. The number of carbonyl (C=O) groups excluding carboxylic acids is 2. The smallest absolute Gasteiger partial charge is 0.338 e. The average Bonchev–Trinajstić information content (AvgIpc) is 3.09. The third-order valence-corrected chi connectivity index (χ3v) is 5.41. The van der Waals surface area contributed by atoms with Crippen molar-refractivity contribution in [3.63, 3.8) is 0 Å². The molecule has 0 bridgehead atoms. The van der Waals surface area contributed by atoms with Crippen molar-refractivity contribution in [1.29, 1.82) is 5.26 Å². The van der Waals surface area contributed by atoms with E-state index >= 15 is 0 Å². The largest absolute Gasteiger partial charge is 0.497 e. The number of anilines is 1. The van der Waals surface area contributed by atoms with Gasteiger partial charge in [0, 0.05) is 28.8 Å². The van der Waals surface area contributed by atoms with Gasteiger partial charge < -0.3 is 19.4 Å². The zero-order valence-electron chi connectivity index (χ0n) is 19.2. The van der Waals surface area contributed by atoms with Gasteiger partial charge in [0.25, 0.3) is 5.91 Å². The molecule has 0 spiro atoms. The molecule has 0 atom stereocenters. The highest BCUT2D eigenvalue weighted by molar-refractivity contribution is 6.09.